The molecule has 20 heavy (non-hydrogen) atoms. The molecule has 0 aliphatic heterocycles. The van der Waals surface area contributed by atoms with Crippen LogP contribution in [0.5, 0.6) is 5.75 Å². The van der Waals surface area contributed by atoms with Crippen molar-refractivity contribution in [2.75, 3.05) is 0 Å². The molecule has 3 rings (SSSR count). The van der Waals surface area contributed by atoms with E-state index in [1.54, 1.807) is 0 Å². The summed E-state index contributed by atoms with van der Waals surface area (Å²) in [5.41, 5.74) is 12.5. The molecule has 1 aliphatic carbocycles. The fourth-order valence-electron chi connectivity index (χ4n) is 3.01. The topological polar surface area (TPSA) is 35.2 Å². The number of aryl methyl sites for hydroxylation is 2. The molecule has 0 bridgehead atoms. The summed E-state index contributed by atoms with van der Waals surface area (Å²) in [5.74, 6) is 0.998. The highest BCUT2D eigenvalue weighted by molar-refractivity contribution is 5.45. The molecule has 0 fully saturated rings. The average Bonchev–Trinajstić information content (AvgIpc) is 2.81. The fraction of sp³-hybridized carbons (Fsp3) is 0.333. The Morgan fingerprint density at radius 2 is 1.80 bits per heavy atom. The smallest absolute Gasteiger partial charge is 0.123 e. The van der Waals surface area contributed by atoms with Crippen molar-refractivity contribution in [1.29, 1.82) is 0 Å². The first kappa shape index (κ1) is 13.2. The second-order valence-electron chi connectivity index (χ2n) is 5.63. The van der Waals surface area contributed by atoms with Crippen LogP contribution in [-0.4, -0.2) is 0 Å². The second kappa shape index (κ2) is 5.29. The summed E-state index contributed by atoms with van der Waals surface area (Å²) in [4.78, 5) is 0. The molecule has 0 spiro atoms. The Morgan fingerprint density at radius 1 is 1.10 bits per heavy atom. The molecule has 2 aromatic rings. The van der Waals surface area contributed by atoms with E-state index in [9.17, 15) is 0 Å². The zero-order valence-corrected chi connectivity index (χ0v) is 12.1. The predicted molar refractivity (Wildman–Crippen MR) is 81.9 cm³/mol. The molecule has 2 N–H and O–H groups in total. The van der Waals surface area contributed by atoms with Crippen molar-refractivity contribution in [3.05, 3.63) is 64.2 Å². The zero-order valence-electron chi connectivity index (χ0n) is 12.1. The van der Waals surface area contributed by atoms with Gasteiger partial charge in [0.15, 0.2) is 0 Å². The third-order valence-electron chi connectivity index (χ3n) is 4.29. The number of hydrogen-bond acceptors (Lipinski definition) is 2. The Morgan fingerprint density at radius 3 is 2.55 bits per heavy atom. The Bertz CT molecular complexity index is 613. The van der Waals surface area contributed by atoms with E-state index >= 15 is 0 Å². The molecule has 104 valence electrons. The lowest BCUT2D eigenvalue weighted by Crippen LogP contribution is -2.05. The van der Waals surface area contributed by atoms with Gasteiger partial charge < -0.3 is 10.5 Å². The normalized spacial score (nSPS) is 17.1. The molecule has 1 unspecified atom stereocenters. The summed E-state index contributed by atoms with van der Waals surface area (Å²) in [6.07, 6.45) is 2.05. The van der Waals surface area contributed by atoms with Gasteiger partial charge in [-0.1, -0.05) is 30.3 Å². The van der Waals surface area contributed by atoms with Crippen molar-refractivity contribution in [3.8, 4) is 5.75 Å². The maximum Gasteiger partial charge on any atom is 0.123 e. The number of hydrogen-bond donors (Lipinski definition) is 1. The van der Waals surface area contributed by atoms with Crippen LogP contribution >= 0.6 is 0 Å². The summed E-state index contributed by atoms with van der Waals surface area (Å²) in [6, 6.07) is 12.8. The quantitative estimate of drug-likeness (QED) is 0.917. The Labute approximate surface area is 120 Å². The van der Waals surface area contributed by atoms with Crippen LogP contribution in [0.2, 0.25) is 0 Å². The minimum atomic E-state index is 0.175. The van der Waals surface area contributed by atoms with Crippen molar-refractivity contribution < 1.29 is 4.74 Å². The maximum absolute atomic E-state index is 6.12. The first-order chi connectivity index (χ1) is 9.66. The first-order valence-corrected chi connectivity index (χ1v) is 7.22. The maximum atomic E-state index is 6.12. The SMILES string of the molecule is Cc1cccc(C)c1COc1cccc2c1CCC2N. The van der Waals surface area contributed by atoms with Gasteiger partial charge in [-0.3, -0.25) is 0 Å². The molecule has 1 atom stereocenters. The summed E-state index contributed by atoms with van der Waals surface area (Å²) in [7, 11) is 0. The molecule has 0 saturated heterocycles. The molecule has 1 aliphatic rings. The minimum absolute atomic E-state index is 0.175. The monoisotopic (exact) mass is 267 g/mol. The van der Waals surface area contributed by atoms with E-state index in [1.807, 2.05) is 6.07 Å². The van der Waals surface area contributed by atoms with E-state index in [1.165, 1.54) is 27.8 Å². The lowest BCUT2D eigenvalue weighted by molar-refractivity contribution is 0.301. The van der Waals surface area contributed by atoms with Crippen molar-refractivity contribution in [3.63, 3.8) is 0 Å². The number of fused-ring (bicyclic) bond motifs is 1. The van der Waals surface area contributed by atoms with Crippen molar-refractivity contribution in [1.82, 2.24) is 0 Å². The molecule has 0 aromatic heterocycles. The van der Waals surface area contributed by atoms with Crippen LogP contribution in [0.4, 0.5) is 0 Å². The summed E-state index contributed by atoms with van der Waals surface area (Å²) >= 11 is 0. The molecule has 0 radical (unpaired) electrons. The summed E-state index contributed by atoms with van der Waals surface area (Å²) in [6.45, 7) is 4.90. The number of ether oxygens (including phenoxy) is 1. The summed E-state index contributed by atoms with van der Waals surface area (Å²) < 4.78 is 6.09. The van der Waals surface area contributed by atoms with Gasteiger partial charge in [0, 0.05) is 6.04 Å². The van der Waals surface area contributed by atoms with E-state index in [4.69, 9.17) is 10.5 Å². The Balaban J connectivity index is 1.83. The fourth-order valence-corrected chi connectivity index (χ4v) is 3.01. The molecule has 2 aromatic carbocycles. The first-order valence-electron chi connectivity index (χ1n) is 7.22. The van der Waals surface area contributed by atoms with Crippen LogP contribution in [0, 0.1) is 13.8 Å². The molecular weight excluding hydrogens is 246 g/mol. The van der Waals surface area contributed by atoms with Crippen LogP contribution < -0.4 is 10.5 Å². The van der Waals surface area contributed by atoms with E-state index in [0.29, 0.717) is 6.61 Å². The van der Waals surface area contributed by atoms with Crippen LogP contribution in [-0.2, 0) is 13.0 Å². The van der Waals surface area contributed by atoms with E-state index in [-0.39, 0.29) is 6.04 Å². The van der Waals surface area contributed by atoms with Gasteiger partial charge in [0.2, 0.25) is 0 Å². The summed E-state index contributed by atoms with van der Waals surface area (Å²) in [5, 5.41) is 0. The number of nitrogens with two attached hydrogens (primary N) is 1. The van der Waals surface area contributed by atoms with Crippen molar-refractivity contribution >= 4 is 0 Å². The van der Waals surface area contributed by atoms with Crippen LogP contribution in [0.1, 0.15) is 40.3 Å². The van der Waals surface area contributed by atoms with Gasteiger partial charge in [-0.25, -0.2) is 0 Å². The molecule has 0 amide bonds. The molecule has 0 heterocycles. The third-order valence-corrected chi connectivity index (χ3v) is 4.29. The van der Waals surface area contributed by atoms with Crippen LogP contribution in [0.15, 0.2) is 36.4 Å². The predicted octanol–water partition coefficient (Wildman–Crippen LogP) is 3.83. The largest absolute Gasteiger partial charge is 0.489 e. The van der Waals surface area contributed by atoms with Gasteiger partial charge in [0.25, 0.3) is 0 Å². The van der Waals surface area contributed by atoms with Gasteiger partial charge in [-0.15, -0.1) is 0 Å². The Kier molecular flexibility index (Phi) is 3.49. The molecule has 0 saturated carbocycles. The minimum Gasteiger partial charge on any atom is -0.489 e. The van der Waals surface area contributed by atoms with Crippen LogP contribution in [0.25, 0.3) is 0 Å². The molecule has 2 heteroatoms. The van der Waals surface area contributed by atoms with Gasteiger partial charge >= 0.3 is 0 Å². The average molecular weight is 267 g/mol. The van der Waals surface area contributed by atoms with Gasteiger partial charge in [-0.05, 0) is 60.6 Å². The van der Waals surface area contributed by atoms with E-state index < -0.39 is 0 Å². The second-order valence-corrected chi connectivity index (χ2v) is 5.63. The molecule has 2 nitrogen and oxygen atoms in total. The van der Waals surface area contributed by atoms with Gasteiger partial charge in [-0.2, -0.15) is 0 Å². The van der Waals surface area contributed by atoms with E-state index in [0.717, 1.165) is 18.6 Å². The lowest BCUT2D eigenvalue weighted by Gasteiger charge is -2.14. The van der Waals surface area contributed by atoms with E-state index in [2.05, 4.69) is 44.2 Å². The van der Waals surface area contributed by atoms with Crippen molar-refractivity contribution in [2.24, 2.45) is 5.73 Å². The number of rotatable bonds is 3. The lowest BCUT2D eigenvalue weighted by atomic mass is 10.0. The highest BCUT2D eigenvalue weighted by Crippen LogP contribution is 2.35. The number of benzene rings is 2. The van der Waals surface area contributed by atoms with Gasteiger partial charge in [0.1, 0.15) is 12.4 Å². The van der Waals surface area contributed by atoms with Crippen molar-refractivity contribution in [2.45, 2.75) is 39.3 Å². The highest BCUT2D eigenvalue weighted by Gasteiger charge is 2.22. The van der Waals surface area contributed by atoms with Crippen LogP contribution in [0.3, 0.4) is 0 Å². The van der Waals surface area contributed by atoms with Gasteiger partial charge in [0.05, 0.1) is 0 Å². The Hall–Kier alpha value is -1.80. The third kappa shape index (κ3) is 2.32. The zero-order chi connectivity index (χ0) is 14.1. The highest BCUT2D eigenvalue weighted by atomic mass is 16.5. The molecular formula is C18H21NO. The standard InChI is InChI=1S/C18H21NO/c1-12-5-3-6-13(2)16(12)11-20-18-8-4-7-14-15(18)9-10-17(14)19/h3-8,17H,9-11,19H2,1-2H3.